The summed E-state index contributed by atoms with van der Waals surface area (Å²) in [5.41, 5.74) is 1.24. The average Bonchev–Trinajstić information content (AvgIpc) is 3.01. The van der Waals surface area contributed by atoms with Gasteiger partial charge in [0, 0.05) is 11.8 Å². The van der Waals surface area contributed by atoms with Crippen LogP contribution in [0.3, 0.4) is 0 Å². The van der Waals surface area contributed by atoms with Crippen LogP contribution >= 0.6 is 0 Å². The first-order chi connectivity index (χ1) is 12.9. The zero-order chi connectivity index (χ0) is 19.1. The molecule has 0 bridgehead atoms. The summed E-state index contributed by atoms with van der Waals surface area (Å²) in [7, 11) is 0. The third-order valence-electron chi connectivity index (χ3n) is 4.53. The summed E-state index contributed by atoms with van der Waals surface area (Å²) >= 11 is 0. The summed E-state index contributed by atoms with van der Waals surface area (Å²) in [6.07, 6.45) is -0.961. The van der Waals surface area contributed by atoms with Crippen LogP contribution in [-0.4, -0.2) is 44.8 Å². The van der Waals surface area contributed by atoms with E-state index in [0.29, 0.717) is 22.2 Å². The average molecular weight is 378 g/mol. The largest absolute Gasteiger partial charge is 0.335 e. The summed E-state index contributed by atoms with van der Waals surface area (Å²) < 4.78 is 53.7. The molecule has 0 aliphatic carbocycles. The third kappa shape index (κ3) is 3.24. The molecule has 1 saturated heterocycles. The molecule has 140 valence electrons. The van der Waals surface area contributed by atoms with Crippen LogP contribution in [-0.2, 0) is 11.3 Å². The molecule has 0 unspecified atom stereocenters. The fourth-order valence-electron chi connectivity index (χ4n) is 2.99. The van der Waals surface area contributed by atoms with Gasteiger partial charge in [-0.05, 0) is 23.8 Å². The topological polar surface area (TPSA) is 51.0 Å². The summed E-state index contributed by atoms with van der Waals surface area (Å²) in [5.74, 6) is -1.24. The fraction of sp³-hybridized carbons (Fsp3) is 0.278. The molecule has 5 nitrogen and oxygen atoms in total. The molecule has 1 amide bonds. The number of aromatic nitrogens is 3. The molecular formula is C18H14F4N4O. The van der Waals surface area contributed by atoms with Crippen LogP contribution in [0, 0.1) is 5.82 Å². The van der Waals surface area contributed by atoms with Crippen LogP contribution in [0.4, 0.5) is 17.6 Å². The van der Waals surface area contributed by atoms with Gasteiger partial charge in [0.25, 0.3) is 6.43 Å². The highest BCUT2D eigenvalue weighted by Gasteiger charge is 2.30. The molecule has 3 heterocycles. The van der Waals surface area contributed by atoms with E-state index >= 15 is 0 Å². The van der Waals surface area contributed by atoms with Gasteiger partial charge in [-0.15, -0.1) is 0 Å². The lowest BCUT2D eigenvalue weighted by molar-refractivity contribution is -0.139. The Kier molecular flexibility index (Phi) is 4.29. The number of likely N-dealkylation sites (tertiary alicyclic amines) is 1. The molecule has 2 aromatic heterocycles. The first-order valence-corrected chi connectivity index (χ1v) is 8.24. The monoisotopic (exact) mass is 378 g/mol. The van der Waals surface area contributed by atoms with Gasteiger partial charge >= 0.3 is 0 Å². The number of pyridine rings is 1. The second-order valence-corrected chi connectivity index (χ2v) is 6.36. The molecule has 0 radical (unpaired) electrons. The van der Waals surface area contributed by atoms with E-state index in [1.165, 1.54) is 28.0 Å². The predicted octanol–water partition coefficient (Wildman–Crippen LogP) is 3.36. The number of alkyl halides is 3. The maximum absolute atomic E-state index is 13.5. The van der Waals surface area contributed by atoms with Gasteiger partial charge < -0.3 is 4.90 Å². The number of rotatable bonds is 4. The zero-order valence-corrected chi connectivity index (χ0v) is 13.9. The summed E-state index contributed by atoms with van der Waals surface area (Å²) in [4.78, 5) is 17.8. The Morgan fingerprint density at radius 1 is 1.19 bits per heavy atom. The van der Waals surface area contributed by atoms with E-state index in [-0.39, 0.29) is 25.5 Å². The van der Waals surface area contributed by atoms with Gasteiger partial charge in [0.15, 0.2) is 0 Å². The molecule has 1 aliphatic rings. The fourth-order valence-corrected chi connectivity index (χ4v) is 2.99. The van der Waals surface area contributed by atoms with Gasteiger partial charge in [-0.25, -0.2) is 17.6 Å². The standard InChI is InChI=1S/C18H14F4N4O/c19-12-7-25(8-12)17(27)9-26-16-4-11(5-23-15(16)6-24-26)10-1-2-14(20)13(3-10)18(21)22/h1-6,12,18H,7-9H2. The molecule has 0 N–H and O–H groups in total. The number of hydrogen-bond acceptors (Lipinski definition) is 3. The van der Waals surface area contributed by atoms with E-state index < -0.39 is 24.0 Å². The molecule has 0 atom stereocenters. The zero-order valence-electron chi connectivity index (χ0n) is 13.9. The number of carbonyl (C=O) groups excluding carboxylic acids is 1. The Labute approximate surface area is 151 Å². The molecule has 0 saturated carbocycles. The Hall–Kier alpha value is -2.97. The summed E-state index contributed by atoms with van der Waals surface area (Å²) in [6.45, 7) is 0.0775. The van der Waals surface area contributed by atoms with Crippen molar-refractivity contribution in [3.05, 3.63) is 48.0 Å². The molecule has 27 heavy (non-hydrogen) atoms. The lowest BCUT2D eigenvalue weighted by Crippen LogP contribution is -2.52. The van der Waals surface area contributed by atoms with Crippen LogP contribution in [0.2, 0.25) is 0 Å². The van der Waals surface area contributed by atoms with E-state index in [0.717, 1.165) is 12.1 Å². The van der Waals surface area contributed by atoms with Crippen LogP contribution in [0.5, 0.6) is 0 Å². The van der Waals surface area contributed by atoms with Crippen molar-refractivity contribution in [1.29, 1.82) is 0 Å². The maximum Gasteiger partial charge on any atom is 0.266 e. The van der Waals surface area contributed by atoms with E-state index in [2.05, 4.69) is 10.1 Å². The van der Waals surface area contributed by atoms with Crippen LogP contribution in [0.15, 0.2) is 36.7 Å². The van der Waals surface area contributed by atoms with Crippen molar-refractivity contribution in [2.45, 2.75) is 19.1 Å². The van der Waals surface area contributed by atoms with Crippen molar-refractivity contribution in [2.75, 3.05) is 13.1 Å². The molecule has 3 aromatic rings. The van der Waals surface area contributed by atoms with Crippen LogP contribution < -0.4 is 0 Å². The van der Waals surface area contributed by atoms with Crippen molar-refractivity contribution in [1.82, 2.24) is 19.7 Å². The smallest absolute Gasteiger partial charge is 0.266 e. The number of benzene rings is 1. The highest BCUT2D eigenvalue weighted by Crippen LogP contribution is 2.29. The Morgan fingerprint density at radius 3 is 2.67 bits per heavy atom. The SMILES string of the molecule is O=C(Cn1ncc2ncc(-c3ccc(F)c(C(F)F)c3)cc21)N1CC(F)C1. The Bertz CT molecular complexity index is 1010. The van der Waals surface area contributed by atoms with Gasteiger partial charge in [0.05, 0.1) is 30.4 Å². The normalized spacial score (nSPS) is 14.8. The third-order valence-corrected chi connectivity index (χ3v) is 4.53. The molecule has 1 aromatic carbocycles. The van der Waals surface area contributed by atoms with Crippen LogP contribution in [0.25, 0.3) is 22.2 Å². The van der Waals surface area contributed by atoms with Crippen molar-refractivity contribution < 1.29 is 22.4 Å². The van der Waals surface area contributed by atoms with Crippen LogP contribution in [0.1, 0.15) is 12.0 Å². The highest BCUT2D eigenvalue weighted by atomic mass is 19.3. The number of nitrogens with zero attached hydrogens (tertiary/aromatic N) is 4. The van der Waals surface area contributed by atoms with Gasteiger partial charge in [-0.3, -0.25) is 14.5 Å². The Morgan fingerprint density at radius 2 is 1.96 bits per heavy atom. The minimum atomic E-state index is -2.93. The van der Waals surface area contributed by atoms with E-state index in [1.54, 1.807) is 6.07 Å². The quantitative estimate of drug-likeness (QED) is 0.655. The molecule has 4 rings (SSSR count). The molecule has 1 aliphatic heterocycles. The van der Waals surface area contributed by atoms with Crippen molar-refractivity contribution >= 4 is 16.9 Å². The first-order valence-electron chi connectivity index (χ1n) is 8.24. The lowest BCUT2D eigenvalue weighted by Gasteiger charge is -2.34. The second kappa shape index (κ2) is 6.64. The molecule has 0 spiro atoms. The molecule has 9 heteroatoms. The van der Waals surface area contributed by atoms with E-state index in [9.17, 15) is 22.4 Å². The highest BCUT2D eigenvalue weighted by molar-refractivity contribution is 5.83. The summed E-state index contributed by atoms with van der Waals surface area (Å²) in [5, 5.41) is 4.12. The number of hydrogen-bond donors (Lipinski definition) is 0. The Balaban J connectivity index is 1.66. The van der Waals surface area contributed by atoms with Crippen molar-refractivity contribution in [2.24, 2.45) is 0 Å². The molecular weight excluding hydrogens is 364 g/mol. The van der Waals surface area contributed by atoms with Crippen molar-refractivity contribution in [3.63, 3.8) is 0 Å². The number of amides is 1. The minimum absolute atomic E-state index is 0.0763. The summed E-state index contributed by atoms with van der Waals surface area (Å²) in [6, 6.07) is 5.10. The maximum atomic E-state index is 13.5. The van der Waals surface area contributed by atoms with Gasteiger partial charge in [-0.2, -0.15) is 5.10 Å². The van der Waals surface area contributed by atoms with Crippen molar-refractivity contribution in [3.8, 4) is 11.1 Å². The number of carbonyl (C=O) groups is 1. The second-order valence-electron chi connectivity index (χ2n) is 6.36. The first kappa shape index (κ1) is 17.4. The number of halogens is 4. The lowest BCUT2D eigenvalue weighted by atomic mass is 10.0. The predicted molar refractivity (Wildman–Crippen MR) is 89.4 cm³/mol. The minimum Gasteiger partial charge on any atom is -0.335 e. The number of fused-ring (bicyclic) bond motifs is 1. The van der Waals surface area contributed by atoms with E-state index in [4.69, 9.17) is 0 Å². The van der Waals surface area contributed by atoms with E-state index in [1.807, 2.05) is 0 Å². The van der Waals surface area contributed by atoms with Gasteiger partial charge in [0.2, 0.25) is 5.91 Å². The molecule has 1 fully saturated rings. The van der Waals surface area contributed by atoms with Gasteiger partial charge in [0.1, 0.15) is 24.1 Å². The van der Waals surface area contributed by atoms with Gasteiger partial charge in [-0.1, -0.05) is 6.07 Å².